The van der Waals surface area contributed by atoms with Gasteiger partial charge in [0.25, 0.3) is 0 Å². The van der Waals surface area contributed by atoms with Crippen molar-refractivity contribution in [1.82, 2.24) is 9.97 Å². The Morgan fingerprint density at radius 3 is 2.40 bits per heavy atom. The lowest BCUT2D eigenvalue weighted by molar-refractivity contribution is 0.126. The molecule has 0 saturated heterocycles. The van der Waals surface area contributed by atoms with Crippen LogP contribution in [0.25, 0.3) is 11.0 Å². The van der Waals surface area contributed by atoms with Gasteiger partial charge in [-0.25, -0.2) is 4.98 Å². The van der Waals surface area contributed by atoms with Crippen LogP contribution >= 0.6 is 23.2 Å². The van der Waals surface area contributed by atoms with Crippen LogP contribution in [-0.4, -0.2) is 27.2 Å². The molecule has 6 heteroatoms. The first kappa shape index (κ1) is 13.9. The molecule has 2 aromatic rings. The van der Waals surface area contributed by atoms with Crippen LogP contribution in [0.3, 0.4) is 0 Å². The molecular weight excluding hydrogens is 297 g/mol. The van der Waals surface area contributed by atoms with Crippen LogP contribution in [0.15, 0.2) is 18.3 Å². The van der Waals surface area contributed by atoms with E-state index in [0.29, 0.717) is 16.1 Å². The molecule has 4 nitrogen and oxygen atoms in total. The lowest BCUT2D eigenvalue weighted by atomic mass is 9.93. The van der Waals surface area contributed by atoms with Crippen LogP contribution < -0.4 is 5.32 Å². The van der Waals surface area contributed by atoms with Crippen LogP contribution in [-0.2, 0) is 0 Å². The number of benzene rings is 1. The fourth-order valence-corrected chi connectivity index (χ4v) is 2.82. The van der Waals surface area contributed by atoms with Crippen LogP contribution in [0, 0.1) is 0 Å². The lowest BCUT2D eigenvalue weighted by Crippen LogP contribution is -2.28. The van der Waals surface area contributed by atoms with E-state index in [1.54, 1.807) is 18.3 Å². The molecule has 20 heavy (non-hydrogen) atoms. The number of nitrogens with one attached hydrogen (secondary N) is 1. The first-order chi connectivity index (χ1) is 9.61. The Kier molecular flexibility index (Phi) is 3.96. The van der Waals surface area contributed by atoms with Gasteiger partial charge in [-0.15, -0.1) is 0 Å². The highest BCUT2D eigenvalue weighted by atomic mass is 35.5. The molecule has 1 aromatic heterocycles. The highest BCUT2D eigenvalue weighted by Gasteiger charge is 2.19. The Labute approximate surface area is 127 Å². The minimum absolute atomic E-state index is 0.156. The van der Waals surface area contributed by atoms with Gasteiger partial charge in [-0.1, -0.05) is 23.2 Å². The van der Waals surface area contributed by atoms with Gasteiger partial charge in [-0.2, -0.15) is 0 Å². The molecule has 1 fully saturated rings. The predicted octanol–water partition coefficient (Wildman–Crippen LogP) is 3.65. The Balaban J connectivity index is 1.80. The maximum atomic E-state index is 9.51. The summed E-state index contributed by atoms with van der Waals surface area (Å²) in [7, 11) is 0. The first-order valence-corrected chi connectivity index (χ1v) is 7.44. The third-order valence-corrected chi connectivity index (χ3v) is 4.36. The van der Waals surface area contributed by atoms with Gasteiger partial charge in [0.05, 0.1) is 33.4 Å². The van der Waals surface area contributed by atoms with Gasteiger partial charge >= 0.3 is 0 Å². The molecule has 0 atom stereocenters. The molecule has 0 aliphatic heterocycles. The molecule has 1 heterocycles. The van der Waals surface area contributed by atoms with E-state index in [2.05, 4.69) is 15.3 Å². The van der Waals surface area contributed by atoms with Crippen molar-refractivity contribution >= 4 is 40.1 Å². The van der Waals surface area contributed by atoms with Gasteiger partial charge < -0.3 is 10.4 Å². The fraction of sp³-hybridized carbons (Fsp3) is 0.429. The molecule has 3 rings (SSSR count). The van der Waals surface area contributed by atoms with Gasteiger partial charge in [0.2, 0.25) is 0 Å². The van der Waals surface area contributed by atoms with Crippen LogP contribution in [0.5, 0.6) is 0 Å². The minimum Gasteiger partial charge on any atom is -0.393 e. The number of halogens is 2. The number of nitrogens with zero attached hydrogens (tertiary/aromatic N) is 2. The summed E-state index contributed by atoms with van der Waals surface area (Å²) in [6.07, 6.45) is 5.11. The Morgan fingerprint density at radius 2 is 1.70 bits per heavy atom. The zero-order valence-electron chi connectivity index (χ0n) is 10.8. The zero-order chi connectivity index (χ0) is 14.1. The molecule has 106 valence electrons. The van der Waals surface area contributed by atoms with E-state index in [0.717, 1.165) is 42.5 Å². The topological polar surface area (TPSA) is 58.0 Å². The smallest absolute Gasteiger partial charge is 0.145 e. The highest BCUT2D eigenvalue weighted by Crippen LogP contribution is 2.27. The summed E-state index contributed by atoms with van der Waals surface area (Å²) < 4.78 is 0. The summed E-state index contributed by atoms with van der Waals surface area (Å²) in [5.74, 6) is 0.734. The number of fused-ring (bicyclic) bond motifs is 1. The molecule has 1 saturated carbocycles. The van der Waals surface area contributed by atoms with Gasteiger partial charge in [0.15, 0.2) is 0 Å². The summed E-state index contributed by atoms with van der Waals surface area (Å²) in [4.78, 5) is 8.86. The summed E-state index contributed by atoms with van der Waals surface area (Å²) in [5.41, 5.74) is 1.45. The molecule has 0 bridgehead atoms. The molecule has 1 aromatic carbocycles. The molecule has 1 aliphatic carbocycles. The van der Waals surface area contributed by atoms with Gasteiger partial charge in [-0.3, -0.25) is 4.98 Å². The molecule has 0 unspecified atom stereocenters. The van der Waals surface area contributed by atoms with E-state index >= 15 is 0 Å². The van der Waals surface area contributed by atoms with Crippen molar-refractivity contribution in [1.29, 1.82) is 0 Å². The maximum Gasteiger partial charge on any atom is 0.145 e. The van der Waals surface area contributed by atoms with Crippen molar-refractivity contribution in [2.75, 3.05) is 5.32 Å². The van der Waals surface area contributed by atoms with Crippen molar-refractivity contribution in [3.63, 3.8) is 0 Å². The average Bonchev–Trinajstić information content (AvgIpc) is 2.43. The van der Waals surface area contributed by atoms with Crippen LogP contribution in [0.4, 0.5) is 5.82 Å². The largest absolute Gasteiger partial charge is 0.393 e. The van der Waals surface area contributed by atoms with E-state index < -0.39 is 0 Å². The van der Waals surface area contributed by atoms with Crippen LogP contribution in [0.2, 0.25) is 10.0 Å². The number of hydrogen-bond acceptors (Lipinski definition) is 4. The minimum atomic E-state index is -0.156. The monoisotopic (exact) mass is 311 g/mol. The van der Waals surface area contributed by atoms with Crippen molar-refractivity contribution in [2.45, 2.75) is 37.8 Å². The molecule has 1 aliphatic rings. The van der Waals surface area contributed by atoms with Crippen molar-refractivity contribution in [3.8, 4) is 0 Å². The number of aliphatic hydroxyl groups excluding tert-OH is 1. The summed E-state index contributed by atoms with van der Waals surface area (Å²) >= 11 is 12.0. The van der Waals surface area contributed by atoms with E-state index in [4.69, 9.17) is 23.2 Å². The lowest BCUT2D eigenvalue weighted by Gasteiger charge is -2.26. The Hall–Kier alpha value is -1.10. The third-order valence-electron chi connectivity index (χ3n) is 3.63. The van der Waals surface area contributed by atoms with E-state index in [-0.39, 0.29) is 6.10 Å². The molecule has 0 amide bonds. The third kappa shape index (κ3) is 2.97. The second kappa shape index (κ2) is 5.72. The van der Waals surface area contributed by atoms with Crippen molar-refractivity contribution < 1.29 is 5.11 Å². The van der Waals surface area contributed by atoms with E-state index in [9.17, 15) is 5.11 Å². The highest BCUT2D eigenvalue weighted by molar-refractivity contribution is 6.42. The van der Waals surface area contributed by atoms with Crippen molar-refractivity contribution in [3.05, 3.63) is 28.4 Å². The second-order valence-corrected chi connectivity index (χ2v) is 5.97. The summed E-state index contributed by atoms with van der Waals surface area (Å²) in [6.45, 7) is 0. The summed E-state index contributed by atoms with van der Waals surface area (Å²) in [5, 5.41) is 13.8. The quantitative estimate of drug-likeness (QED) is 0.888. The SMILES string of the molecule is OC1CCC(Nc2cnc3cc(Cl)c(Cl)cc3n2)CC1. The zero-order valence-corrected chi connectivity index (χ0v) is 12.3. The Morgan fingerprint density at radius 1 is 1.05 bits per heavy atom. The van der Waals surface area contributed by atoms with E-state index in [1.807, 2.05) is 0 Å². The number of aliphatic hydroxyl groups is 1. The standard InChI is InChI=1S/C14H15Cl2N3O/c15-10-5-12-13(6-11(10)16)19-14(7-17-12)18-8-1-3-9(20)4-2-8/h5-9,20H,1-4H2,(H,18,19). The Bertz CT molecular complexity index is 627. The van der Waals surface area contributed by atoms with Crippen LogP contribution in [0.1, 0.15) is 25.7 Å². The van der Waals surface area contributed by atoms with Gasteiger partial charge in [0.1, 0.15) is 5.82 Å². The first-order valence-electron chi connectivity index (χ1n) is 6.68. The number of hydrogen-bond donors (Lipinski definition) is 2. The number of anilines is 1. The van der Waals surface area contributed by atoms with Gasteiger partial charge in [-0.05, 0) is 37.8 Å². The maximum absolute atomic E-state index is 9.51. The van der Waals surface area contributed by atoms with E-state index in [1.165, 1.54) is 0 Å². The predicted molar refractivity (Wildman–Crippen MR) is 81.4 cm³/mol. The average molecular weight is 312 g/mol. The summed E-state index contributed by atoms with van der Waals surface area (Å²) in [6, 6.07) is 3.78. The molecule has 0 radical (unpaired) electrons. The second-order valence-electron chi connectivity index (χ2n) is 5.16. The number of aromatic nitrogens is 2. The molecule has 2 N–H and O–H groups in total. The fourth-order valence-electron chi connectivity index (χ4n) is 2.51. The molecule has 0 spiro atoms. The molecular formula is C14H15Cl2N3O. The van der Waals surface area contributed by atoms with Crippen molar-refractivity contribution in [2.24, 2.45) is 0 Å². The number of rotatable bonds is 2. The normalized spacial score (nSPS) is 22.9. The van der Waals surface area contributed by atoms with Gasteiger partial charge in [0, 0.05) is 6.04 Å².